The fourth-order valence-electron chi connectivity index (χ4n) is 4.04. The van der Waals surface area contributed by atoms with Crippen LogP contribution in [-0.4, -0.2) is 22.2 Å². The van der Waals surface area contributed by atoms with E-state index in [0.29, 0.717) is 0 Å². The minimum atomic E-state index is -1.13. The van der Waals surface area contributed by atoms with Crippen molar-refractivity contribution in [1.29, 1.82) is 0 Å². The standard InChI is InChI=1S/C25H27NO2S/c1-19-13-15-21(16-14-19)29(27)24-25(2,18-17-20-9-5-4-6-10-20)26(24)22-11-7-8-12-23(22)28-3/h4-16,24H,17-18H2,1-3H3/t24-,25+,26?,29?/m0/s1. The zero-order valence-corrected chi connectivity index (χ0v) is 18.0. The Balaban J connectivity index is 1.66. The monoisotopic (exact) mass is 405 g/mol. The molecule has 3 nitrogen and oxygen atoms in total. The van der Waals surface area contributed by atoms with Crippen LogP contribution in [0.5, 0.6) is 5.75 Å². The molecule has 3 aromatic rings. The van der Waals surface area contributed by atoms with Gasteiger partial charge in [-0.05, 0) is 56.5 Å². The highest BCUT2D eigenvalue weighted by molar-refractivity contribution is 7.86. The SMILES string of the molecule is COc1ccccc1N1[C@@H](S(=O)c2ccc(C)cc2)[C@@]1(C)CCc1ccccc1. The summed E-state index contributed by atoms with van der Waals surface area (Å²) in [4.78, 5) is 3.16. The van der Waals surface area contributed by atoms with Crippen molar-refractivity contribution in [2.75, 3.05) is 12.0 Å². The molecule has 4 heteroatoms. The maximum absolute atomic E-state index is 13.6. The van der Waals surface area contributed by atoms with Gasteiger partial charge in [0.15, 0.2) is 0 Å². The summed E-state index contributed by atoms with van der Waals surface area (Å²) >= 11 is 0. The largest absolute Gasteiger partial charge is 0.495 e. The van der Waals surface area contributed by atoms with Crippen molar-refractivity contribution in [3.63, 3.8) is 0 Å². The highest BCUT2D eigenvalue weighted by Gasteiger charge is 2.62. The van der Waals surface area contributed by atoms with Crippen molar-refractivity contribution in [1.82, 2.24) is 0 Å². The van der Waals surface area contributed by atoms with Crippen LogP contribution < -0.4 is 9.64 Å². The van der Waals surface area contributed by atoms with Crippen LogP contribution in [0.1, 0.15) is 24.5 Å². The second kappa shape index (κ2) is 8.03. The van der Waals surface area contributed by atoms with Crippen molar-refractivity contribution >= 4 is 16.5 Å². The van der Waals surface area contributed by atoms with Gasteiger partial charge < -0.3 is 9.64 Å². The summed E-state index contributed by atoms with van der Waals surface area (Å²) in [6, 6.07) is 26.6. The summed E-state index contributed by atoms with van der Waals surface area (Å²) in [6.45, 7) is 4.27. The first kappa shape index (κ1) is 19.7. The summed E-state index contributed by atoms with van der Waals surface area (Å²) in [5.41, 5.74) is 3.30. The molecule has 0 amide bonds. The number of rotatable bonds is 7. The van der Waals surface area contributed by atoms with Gasteiger partial charge >= 0.3 is 0 Å². The second-order valence-electron chi connectivity index (χ2n) is 7.85. The Hall–Kier alpha value is -2.59. The maximum atomic E-state index is 13.6. The predicted octanol–water partition coefficient (Wildman–Crippen LogP) is 5.35. The molecule has 0 N–H and O–H groups in total. The zero-order valence-electron chi connectivity index (χ0n) is 17.2. The lowest BCUT2D eigenvalue weighted by atomic mass is 10.0. The molecule has 0 saturated carbocycles. The Morgan fingerprint density at radius 2 is 1.62 bits per heavy atom. The molecule has 0 aliphatic carbocycles. The third kappa shape index (κ3) is 3.82. The van der Waals surface area contributed by atoms with Crippen LogP contribution >= 0.6 is 0 Å². The number of aryl methyl sites for hydroxylation is 2. The van der Waals surface area contributed by atoms with Gasteiger partial charge in [-0.1, -0.05) is 60.2 Å². The molecule has 1 aliphatic rings. The van der Waals surface area contributed by atoms with E-state index in [1.54, 1.807) is 7.11 Å². The van der Waals surface area contributed by atoms with Crippen LogP contribution in [0.4, 0.5) is 5.69 Å². The fourth-order valence-corrected chi connectivity index (χ4v) is 5.88. The number of nitrogens with zero attached hydrogens (tertiary/aromatic N) is 1. The van der Waals surface area contributed by atoms with E-state index in [2.05, 4.69) is 49.1 Å². The highest BCUT2D eigenvalue weighted by Crippen LogP contribution is 2.53. The molecule has 1 unspecified atom stereocenters. The van der Waals surface area contributed by atoms with Crippen LogP contribution in [0.2, 0.25) is 0 Å². The number of hydrogen-bond acceptors (Lipinski definition) is 3. The Kier molecular flexibility index (Phi) is 5.46. The summed E-state index contributed by atoms with van der Waals surface area (Å²) in [5, 5.41) is -0.0785. The van der Waals surface area contributed by atoms with Crippen LogP contribution in [0.15, 0.2) is 83.8 Å². The Morgan fingerprint density at radius 1 is 0.966 bits per heavy atom. The van der Waals surface area contributed by atoms with Gasteiger partial charge in [0.25, 0.3) is 0 Å². The minimum Gasteiger partial charge on any atom is -0.495 e. The van der Waals surface area contributed by atoms with Crippen molar-refractivity contribution in [2.24, 2.45) is 0 Å². The Morgan fingerprint density at radius 3 is 2.31 bits per heavy atom. The fraction of sp³-hybridized carbons (Fsp3) is 0.280. The van der Waals surface area contributed by atoms with Crippen molar-refractivity contribution in [3.05, 3.63) is 90.0 Å². The molecular formula is C25H27NO2S. The molecule has 3 aromatic carbocycles. The van der Waals surface area contributed by atoms with Crippen molar-refractivity contribution in [3.8, 4) is 5.75 Å². The number of methoxy groups -OCH3 is 1. The summed E-state index contributed by atoms with van der Waals surface area (Å²) in [7, 11) is 0.560. The van der Waals surface area contributed by atoms with E-state index >= 15 is 0 Å². The molecule has 0 bridgehead atoms. The van der Waals surface area contributed by atoms with Gasteiger partial charge in [-0.3, -0.25) is 4.21 Å². The van der Waals surface area contributed by atoms with E-state index in [0.717, 1.165) is 29.2 Å². The van der Waals surface area contributed by atoms with Crippen LogP contribution in [-0.2, 0) is 17.2 Å². The summed E-state index contributed by atoms with van der Waals surface area (Å²) in [6.07, 6.45) is 1.88. The molecule has 0 radical (unpaired) electrons. The quantitative estimate of drug-likeness (QED) is 0.496. The zero-order chi connectivity index (χ0) is 20.4. The second-order valence-corrected chi connectivity index (χ2v) is 9.36. The molecule has 0 spiro atoms. The lowest BCUT2D eigenvalue weighted by Gasteiger charge is -2.15. The molecule has 1 fully saturated rings. The van der Waals surface area contributed by atoms with E-state index in [1.807, 2.05) is 48.5 Å². The maximum Gasteiger partial charge on any atom is 0.142 e. The third-order valence-electron chi connectivity index (χ3n) is 5.81. The summed E-state index contributed by atoms with van der Waals surface area (Å²) < 4.78 is 19.2. The van der Waals surface area contributed by atoms with Gasteiger partial charge in [0.2, 0.25) is 0 Å². The molecular weight excluding hydrogens is 378 g/mol. The first-order chi connectivity index (χ1) is 14.0. The topological polar surface area (TPSA) is 29.3 Å². The Labute approximate surface area is 175 Å². The van der Waals surface area contributed by atoms with Crippen LogP contribution in [0.3, 0.4) is 0 Å². The molecule has 1 saturated heterocycles. The van der Waals surface area contributed by atoms with Gasteiger partial charge in [0.05, 0.1) is 29.1 Å². The lowest BCUT2D eigenvalue weighted by Crippen LogP contribution is -2.16. The van der Waals surface area contributed by atoms with Gasteiger partial charge in [-0.2, -0.15) is 0 Å². The van der Waals surface area contributed by atoms with Gasteiger partial charge in [0, 0.05) is 4.90 Å². The number of anilines is 1. The van der Waals surface area contributed by atoms with Gasteiger partial charge in [0.1, 0.15) is 11.1 Å². The van der Waals surface area contributed by atoms with Crippen molar-refractivity contribution < 1.29 is 8.95 Å². The number of hydrogen-bond donors (Lipinski definition) is 0. The van der Waals surface area contributed by atoms with Crippen LogP contribution in [0.25, 0.3) is 0 Å². The van der Waals surface area contributed by atoms with E-state index in [1.165, 1.54) is 11.1 Å². The first-order valence-electron chi connectivity index (χ1n) is 9.98. The lowest BCUT2D eigenvalue weighted by molar-refractivity contribution is 0.415. The van der Waals surface area contributed by atoms with E-state index in [9.17, 15) is 4.21 Å². The normalized spacial score (nSPS) is 21.6. The predicted molar refractivity (Wildman–Crippen MR) is 120 cm³/mol. The van der Waals surface area contributed by atoms with Gasteiger partial charge in [-0.25, -0.2) is 0 Å². The van der Waals surface area contributed by atoms with E-state index < -0.39 is 10.8 Å². The van der Waals surface area contributed by atoms with Gasteiger partial charge in [-0.15, -0.1) is 0 Å². The third-order valence-corrected chi connectivity index (χ3v) is 7.67. The Bertz CT molecular complexity index is 1000. The number of ether oxygens (including phenoxy) is 1. The number of para-hydroxylation sites is 2. The smallest absolute Gasteiger partial charge is 0.142 e. The molecule has 0 aromatic heterocycles. The van der Waals surface area contributed by atoms with E-state index in [-0.39, 0.29) is 10.9 Å². The van der Waals surface area contributed by atoms with Crippen molar-refractivity contribution in [2.45, 2.75) is 42.5 Å². The molecule has 150 valence electrons. The average Bonchev–Trinajstić information content (AvgIpc) is 3.38. The molecule has 1 aliphatic heterocycles. The van der Waals surface area contributed by atoms with Crippen LogP contribution in [0, 0.1) is 6.92 Å². The molecule has 29 heavy (non-hydrogen) atoms. The first-order valence-corrected chi connectivity index (χ1v) is 11.2. The highest BCUT2D eigenvalue weighted by atomic mass is 32.2. The molecule has 4 rings (SSSR count). The minimum absolute atomic E-state index is 0.0785. The summed E-state index contributed by atoms with van der Waals surface area (Å²) in [5.74, 6) is 0.821. The number of benzene rings is 3. The molecule has 3 atom stereocenters. The van der Waals surface area contributed by atoms with E-state index in [4.69, 9.17) is 4.74 Å². The average molecular weight is 406 g/mol. The molecule has 1 heterocycles.